The Morgan fingerprint density at radius 2 is 1.92 bits per heavy atom. The maximum Gasteiger partial charge on any atom is 0.254 e. The molecule has 0 unspecified atom stereocenters. The van der Waals surface area contributed by atoms with Crippen LogP contribution in [0.25, 0.3) is 6.08 Å². The number of amides is 1. The smallest absolute Gasteiger partial charge is 0.254 e. The fourth-order valence-corrected chi connectivity index (χ4v) is 4.03. The van der Waals surface area contributed by atoms with Gasteiger partial charge in [-0.3, -0.25) is 9.78 Å². The highest BCUT2D eigenvalue weighted by Gasteiger charge is 2.29. The van der Waals surface area contributed by atoms with Gasteiger partial charge in [-0.05, 0) is 63.9 Å². The predicted molar refractivity (Wildman–Crippen MR) is 103 cm³/mol. The molecule has 1 aromatic rings. The van der Waals surface area contributed by atoms with Crippen LogP contribution >= 0.6 is 0 Å². The third-order valence-electron chi connectivity index (χ3n) is 5.56. The Morgan fingerprint density at radius 3 is 2.58 bits per heavy atom. The van der Waals surface area contributed by atoms with Crippen molar-refractivity contribution in [3.05, 3.63) is 47.6 Å². The van der Waals surface area contributed by atoms with Crippen LogP contribution in [0.4, 0.5) is 4.39 Å². The predicted octanol–water partition coefficient (Wildman–Crippen LogP) is 3.98. The van der Waals surface area contributed by atoms with E-state index in [0.717, 1.165) is 32.0 Å². The molecule has 2 aliphatic heterocycles. The van der Waals surface area contributed by atoms with E-state index in [0.29, 0.717) is 22.9 Å². The van der Waals surface area contributed by atoms with Crippen LogP contribution in [0.15, 0.2) is 30.7 Å². The maximum atomic E-state index is 13.7. The first-order valence-electron chi connectivity index (χ1n) is 9.58. The van der Waals surface area contributed by atoms with E-state index < -0.39 is 5.83 Å². The van der Waals surface area contributed by atoms with E-state index in [1.54, 1.807) is 19.2 Å². The van der Waals surface area contributed by atoms with Gasteiger partial charge < -0.3 is 9.80 Å². The summed E-state index contributed by atoms with van der Waals surface area (Å²) in [6, 6.07) is 2.28. The molecule has 140 valence electrons. The molecule has 0 aliphatic carbocycles. The number of carbonyl (C=O) groups excluding carboxylic acids is 1. The molecule has 1 amide bonds. The molecule has 0 atom stereocenters. The Kier molecular flexibility index (Phi) is 6.20. The number of allylic oxidation sites excluding steroid dienone is 2. The molecule has 1 aromatic heterocycles. The SMILES string of the molecule is C=C/C(F)=C\c1c(C(=O)N2CCC(N3CCCCC3)CC2)ccnc1C. The van der Waals surface area contributed by atoms with Crippen molar-refractivity contribution >= 4 is 12.0 Å². The van der Waals surface area contributed by atoms with Crippen molar-refractivity contribution < 1.29 is 9.18 Å². The summed E-state index contributed by atoms with van der Waals surface area (Å²) in [7, 11) is 0. The maximum absolute atomic E-state index is 13.7. The topological polar surface area (TPSA) is 36.4 Å². The third kappa shape index (κ3) is 4.21. The van der Waals surface area contributed by atoms with Crippen LogP contribution in [0, 0.1) is 6.92 Å². The van der Waals surface area contributed by atoms with E-state index >= 15 is 0 Å². The fraction of sp³-hybridized carbons (Fsp3) is 0.524. The zero-order valence-electron chi connectivity index (χ0n) is 15.6. The van der Waals surface area contributed by atoms with Crippen molar-refractivity contribution in [2.24, 2.45) is 0 Å². The second kappa shape index (κ2) is 8.58. The minimum Gasteiger partial charge on any atom is -0.339 e. The molecule has 4 nitrogen and oxygen atoms in total. The molecule has 0 N–H and O–H groups in total. The second-order valence-electron chi connectivity index (χ2n) is 7.21. The van der Waals surface area contributed by atoms with Gasteiger partial charge in [-0.1, -0.05) is 13.0 Å². The number of hydrogen-bond acceptors (Lipinski definition) is 3. The number of hydrogen-bond donors (Lipinski definition) is 0. The van der Waals surface area contributed by atoms with E-state index in [2.05, 4.69) is 16.5 Å². The summed E-state index contributed by atoms with van der Waals surface area (Å²) >= 11 is 0. The second-order valence-corrected chi connectivity index (χ2v) is 7.21. The average Bonchev–Trinajstić information content (AvgIpc) is 2.69. The number of likely N-dealkylation sites (tertiary alicyclic amines) is 2. The lowest BCUT2D eigenvalue weighted by Crippen LogP contribution is -2.48. The molecule has 0 bridgehead atoms. The van der Waals surface area contributed by atoms with Crippen LogP contribution < -0.4 is 0 Å². The highest BCUT2D eigenvalue weighted by atomic mass is 19.1. The van der Waals surface area contributed by atoms with E-state index in [1.807, 2.05) is 4.90 Å². The number of carbonyl (C=O) groups is 1. The molecule has 0 saturated carbocycles. The van der Waals surface area contributed by atoms with E-state index in [1.165, 1.54) is 38.4 Å². The largest absolute Gasteiger partial charge is 0.339 e. The Labute approximate surface area is 155 Å². The number of aryl methyl sites for hydroxylation is 1. The molecule has 0 spiro atoms. The summed E-state index contributed by atoms with van der Waals surface area (Å²) in [5.41, 5.74) is 1.72. The lowest BCUT2D eigenvalue weighted by atomic mass is 9.98. The molecule has 3 heterocycles. The van der Waals surface area contributed by atoms with Crippen molar-refractivity contribution in [3.63, 3.8) is 0 Å². The summed E-state index contributed by atoms with van der Waals surface area (Å²) in [4.78, 5) is 21.7. The zero-order valence-corrected chi connectivity index (χ0v) is 15.6. The molecule has 26 heavy (non-hydrogen) atoms. The van der Waals surface area contributed by atoms with E-state index in [9.17, 15) is 9.18 Å². The summed E-state index contributed by atoms with van der Waals surface area (Å²) in [6.45, 7) is 9.13. The van der Waals surface area contributed by atoms with Gasteiger partial charge in [0.1, 0.15) is 5.83 Å². The number of nitrogens with zero attached hydrogens (tertiary/aromatic N) is 3. The van der Waals surface area contributed by atoms with E-state index in [4.69, 9.17) is 0 Å². The Morgan fingerprint density at radius 1 is 1.23 bits per heavy atom. The number of aromatic nitrogens is 1. The minimum atomic E-state index is -0.459. The van der Waals surface area contributed by atoms with Gasteiger partial charge in [-0.2, -0.15) is 0 Å². The molecular weight excluding hydrogens is 329 g/mol. The lowest BCUT2D eigenvalue weighted by Gasteiger charge is -2.40. The summed E-state index contributed by atoms with van der Waals surface area (Å²) in [6.07, 6.45) is 10.1. The standard InChI is InChI=1S/C21H28FN3O/c1-3-17(22)15-20-16(2)23-10-7-19(20)21(26)25-13-8-18(9-14-25)24-11-5-4-6-12-24/h3,7,10,15,18H,1,4-6,8-9,11-14H2,2H3/b17-15+. The number of rotatable bonds is 4. The Hall–Kier alpha value is -2.01. The minimum absolute atomic E-state index is 0.0318. The highest BCUT2D eigenvalue weighted by molar-refractivity contribution is 5.98. The van der Waals surface area contributed by atoms with Gasteiger partial charge in [0.2, 0.25) is 0 Å². The molecule has 0 radical (unpaired) electrons. The van der Waals surface area contributed by atoms with Crippen molar-refractivity contribution in [1.82, 2.24) is 14.8 Å². The van der Waals surface area contributed by atoms with Gasteiger partial charge in [0.05, 0.1) is 5.56 Å². The quantitative estimate of drug-likeness (QED) is 0.765. The van der Waals surface area contributed by atoms with Crippen LogP contribution in [0.3, 0.4) is 0 Å². The first-order valence-corrected chi connectivity index (χ1v) is 9.58. The first-order chi connectivity index (χ1) is 12.6. The van der Waals surface area contributed by atoms with Gasteiger partial charge in [-0.25, -0.2) is 4.39 Å². The van der Waals surface area contributed by atoms with Gasteiger partial charge >= 0.3 is 0 Å². The van der Waals surface area contributed by atoms with Crippen LogP contribution in [-0.2, 0) is 0 Å². The molecule has 2 saturated heterocycles. The number of halogens is 1. The van der Waals surface area contributed by atoms with Crippen LogP contribution in [-0.4, -0.2) is 52.9 Å². The highest BCUT2D eigenvalue weighted by Crippen LogP contribution is 2.24. The van der Waals surface area contributed by atoms with E-state index in [-0.39, 0.29) is 5.91 Å². The van der Waals surface area contributed by atoms with Gasteiger partial charge in [0.15, 0.2) is 0 Å². The van der Waals surface area contributed by atoms with Gasteiger partial charge in [-0.15, -0.1) is 0 Å². The van der Waals surface area contributed by atoms with Crippen molar-refractivity contribution in [1.29, 1.82) is 0 Å². The average molecular weight is 357 g/mol. The molecule has 2 aliphatic rings. The summed E-state index contributed by atoms with van der Waals surface area (Å²) in [5, 5.41) is 0. The molecule has 0 aromatic carbocycles. The van der Waals surface area contributed by atoms with Crippen molar-refractivity contribution in [2.45, 2.75) is 45.1 Å². The summed E-state index contributed by atoms with van der Waals surface area (Å²) < 4.78 is 13.7. The Balaban J connectivity index is 1.71. The Bertz CT molecular complexity index is 686. The first kappa shape index (κ1) is 18.8. The van der Waals surface area contributed by atoms with Crippen LogP contribution in [0.1, 0.15) is 53.7 Å². The molecule has 5 heteroatoms. The van der Waals surface area contributed by atoms with Crippen LogP contribution in [0.5, 0.6) is 0 Å². The third-order valence-corrected chi connectivity index (χ3v) is 5.56. The van der Waals surface area contributed by atoms with Gasteiger partial charge in [0, 0.05) is 36.6 Å². The fourth-order valence-electron chi connectivity index (χ4n) is 4.03. The van der Waals surface area contributed by atoms with Crippen molar-refractivity contribution in [2.75, 3.05) is 26.2 Å². The summed E-state index contributed by atoms with van der Waals surface area (Å²) in [5.74, 6) is -0.491. The number of piperidine rings is 2. The van der Waals surface area contributed by atoms with Gasteiger partial charge in [0.25, 0.3) is 5.91 Å². The molecular formula is C21H28FN3O. The molecule has 2 fully saturated rings. The lowest BCUT2D eigenvalue weighted by molar-refractivity contribution is 0.0589. The van der Waals surface area contributed by atoms with Crippen LogP contribution in [0.2, 0.25) is 0 Å². The molecule has 3 rings (SSSR count). The monoisotopic (exact) mass is 357 g/mol. The zero-order chi connectivity index (χ0) is 18.5. The van der Waals surface area contributed by atoms with Crippen molar-refractivity contribution in [3.8, 4) is 0 Å². The number of pyridine rings is 1. The normalized spacial score (nSPS) is 20.2.